The van der Waals surface area contributed by atoms with Crippen LogP contribution in [-0.4, -0.2) is 32.8 Å². The van der Waals surface area contributed by atoms with Crippen LogP contribution in [0.4, 0.5) is 0 Å². The van der Waals surface area contributed by atoms with Gasteiger partial charge < -0.3 is 19.5 Å². The van der Waals surface area contributed by atoms with Crippen molar-refractivity contribution in [3.63, 3.8) is 0 Å². The van der Waals surface area contributed by atoms with E-state index in [0.717, 1.165) is 5.56 Å². The van der Waals surface area contributed by atoms with E-state index >= 15 is 0 Å². The van der Waals surface area contributed by atoms with Crippen molar-refractivity contribution >= 4 is 5.91 Å². The molecule has 0 spiro atoms. The van der Waals surface area contributed by atoms with Crippen LogP contribution < -0.4 is 19.5 Å². The Morgan fingerprint density at radius 2 is 1.60 bits per heavy atom. The van der Waals surface area contributed by atoms with Crippen LogP contribution in [0.2, 0.25) is 0 Å². The van der Waals surface area contributed by atoms with Gasteiger partial charge in [-0.1, -0.05) is 0 Å². The van der Waals surface area contributed by atoms with Crippen LogP contribution in [0, 0.1) is 0 Å². The number of carbonyl (C=O) groups excluding carboxylic acids is 1. The highest BCUT2D eigenvalue weighted by Crippen LogP contribution is 2.44. The van der Waals surface area contributed by atoms with Gasteiger partial charge in [0.25, 0.3) is 0 Å². The van der Waals surface area contributed by atoms with E-state index in [9.17, 15) is 4.79 Å². The molecule has 20 heavy (non-hydrogen) atoms. The molecule has 2 rings (SSSR count). The number of nitrogens with one attached hydrogen (secondary N) is 1. The van der Waals surface area contributed by atoms with Crippen molar-refractivity contribution in [3.05, 3.63) is 17.7 Å². The van der Waals surface area contributed by atoms with Crippen LogP contribution in [0.15, 0.2) is 12.1 Å². The molecule has 1 heterocycles. The highest BCUT2D eigenvalue weighted by Gasteiger charge is 2.41. The Morgan fingerprint density at radius 1 is 1.05 bits per heavy atom. The maximum absolute atomic E-state index is 11.7. The molecule has 0 aliphatic carbocycles. The lowest BCUT2D eigenvalue weighted by molar-refractivity contribution is -0.119. The first-order valence-corrected chi connectivity index (χ1v) is 6.54. The molecule has 1 amide bonds. The van der Waals surface area contributed by atoms with Crippen molar-refractivity contribution in [3.8, 4) is 17.2 Å². The molecule has 0 radical (unpaired) electrons. The number of ether oxygens (including phenoxy) is 3. The molecule has 1 aromatic carbocycles. The van der Waals surface area contributed by atoms with E-state index in [4.69, 9.17) is 14.2 Å². The van der Waals surface area contributed by atoms with E-state index < -0.39 is 0 Å². The number of hydrogen-bond acceptors (Lipinski definition) is 4. The van der Waals surface area contributed by atoms with Gasteiger partial charge in [-0.3, -0.25) is 4.79 Å². The van der Waals surface area contributed by atoms with Gasteiger partial charge in [-0.25, -0.2) is 0 Å². The van der Waals surface area contributed by atoms with Crippen molar-refractivity contribution in [2.75, 3.05) is 21.3 Å². The lowest BCUT2D eigenvalue weighted by Crippen LogP contribution is -2.38. The Bertz CT molecular complexity index is 525. The molecular formula is C15H21NO4. The minimum atomic E-state index is -0.316. The van der Waals surface area contributed by atoms with E-state index in [0.29, 0.717) is 23.7 Å². The van der Waals surface area contributed by atoms with Crippen LogP contribution in [0.1, 0.15) is 31.7 Å². The van der Waals surface area contributed by atoms with Gasteiger partial charge in [-0.15, -0.1) is 0 Å². The fourth-order valence-electron chi connectivity index (χ4n) is 2.76. The van der Waals surface area contributed by atoms with E-state index in [-0.39, 0.29) is 17.4 Å². The SMILES string of the molecule is COc1cc(OC)c(C2CC(=O)NC2(C)C)cc1OC. The van der Waals surface area contributed by atoms with Crippen LogP contribution in [0.25, 0.3) is 0 Å². The molecule has 1 aliphatic rings. The van der Waals surface area contributed by atoms with Gasteiger partial charge in [0.05, 0.1) is 21.3 Å². The molecule has 1 aromatic rings. The number of methoxy groups -OCH3 is 3. The third kappa shape index (κ3) is 2.40. The molecule has 0 bridgehead atoms. The largest absolute Gasteiger partial charge is 0.496 e. The first-order valence-electron chi connectivity index (χ1n) is 6.54. The molecular weight excluding hydrogens is 258 g/mol. The maximum Gasteiger partial charge on any atom is 0.221 e. The number of rotatable bonds is 4. The average Bonchev–Trinajstić information content (AvgIpc) is 2.69. The number of benzene rings is 1. The van der Waals surface area contributed by atoms with E-state index in [2.05, 4.69) is 5.32 Å². The van der Waals surface area contributed by atoms with E-state index in [1.165, 1.54) is 0 Å². The summed E-state index contributed by atoms with van der Waals surface area (Å²) in [4.78, 5) is 11.7. The summed E-state index contributed by atoms with van der Waals surface area (Å²) in [7, 11) is 4.79. The molecule has 0 saturated carbocycles. The minimum Gasteiger partial charge on any atom is -0.496 e. The van der Waals surface area contributed by atoms with Gasteiger partial charge in [0.1, 0.15) is 5.75 Å². The monoisotopic (exact) mass is 279 g/mol. The Balaban J connectivity index is 2.53. The summed E-state index contributed by atoms with van der Waals surface area (Å²) in [6.45, 7) is 4.03. The van der Waals surface area contributed by atoms with Crippen LogP contribution in [0.5, 0.6) is 17.2 Å². The van der Waals surface area contributed by atoms with Crippen LogP contribution >= 0.6 is 0 Å². The fraction of sp³-hybridized carbons (Fsp3) is 0.533. The molecule has 5 nitrogen and oxygen atoms in total. The van der Waals surface area contributed by atoms with Crippen molar-refractivity contribution in [2.45, 2.75) is 31.7 Å². The summed E-state index contributed by atoms with van der Waals surface area (Å²) < 4.78 is 16.1. The molecule has 5 heteroatoms. The van der Waals surface area contributed by atoms with Gasteiger partial charge in [-0.2, -0.15) is 0 Å². The maximum atomic E-state index is 11.7. The Kier molecular flexibility index (Phi) is 3.79. The molecule has 1 saturated heterocycles. The van der Waals surface area contributed by atoms with Crippen molar-refractivity contribution in [1.82, 2.24) is 5.32 Å². The summed E-state index contributed by atoms with van der Waals surface area (Å²) in [6, 6.07) is 3.69. The lowest BCUT2D eigenvalue weighted by atomic mass is 9.82. The van der Waals surface area contributed by atoms with Gasteiger partial charge in [0.2, 0.25) is 5.91 Å². The van der Waals surface area contributed by atoms with Gasteiger partial charge in [0.15, 0.2) is 11.5 Å². The second kappa shape index (κ2) is 5.23. The smallest absolute Gasteiger partial charge is 0.221 e. The highest BCUT2D eigenvalue weighted by atomic mass is 16.5. The summed E-state index contributed by atoms with van der Waals surface area (Å²) in [5.41, 5.74) is 0.637. The Hall–Kier alpha value is -1.91. The zero-order chi connectivity index (χ0) is 14.9. The number of carbonyl (C=O) groups is 1. The van der Waals surface area contributed by atoms with Crippen molar-refractivity contribution in [1.29, 1.82) is 0 Å². The molecule has 0 aromatic heterocycles. The van der Waals surface area contributed by atoms with Gasteiger partial charge in [-0.05, 0) is 19.9 Å². The number of amides is 1. The summed E-state index contributed by atoms with van der Waals surface area (Å²) >= 11 is 0. The third-order valence-corrected chi connectivity index (χ3v) is 3.83. The normalized spacial score (nSPS) is 20.4. The molecule has 1 atom stereocenters. The summed E-state index contributed by atoms with van der Waals surface area (Å²) in [5, 5.41) is 2.99. The van der Waals surface area contributed by atoms with Gasteiger partial charge in [0, 0.05) is 29.5 Å². The Morgan fingerprint density at radius 3 is 2.05 bits per heavy atom. The van der Waals surface area contributed by atoms with Gasteiger partial charge >= 0.3 is 0 Å². The highest BCUT2D eigenvalue weighted by molar-refractivity contribution is 5.81. The first kappa shape index (κ1) is 14.5. The lowest BCUT2D eigenvalue weighted by Gasteiger charge is -2.28. The summed E-state index contributed by atoms with van der Waals surface area (Å²) in [6.07, 6.45) is 0.443. The second-order valence-corrected chi connectivity index (χ2v) is 5.48. The average molecular weight is 279 g/mol. The van der Waals surface area contributed by atoms with E-state index in [1.54, 1.807) is 27.4 Å². The standard InChI is InChI=1S/C15H21NO4/c1-15(2)10(7-14(17)16-15)9-6-12(19-4)13(20-5)8-11(9)18-3/h6,8,10H,7H2,1-5H3,(H,16,17). The zero-order valence-corrected chi connectivity index (χ0v) is 12.6. The fourth-order valence-corrected chi connectivity index (χ4v) is 2.76. The molecule has 1 fully saturated rings. The molecule has 1 N–H and O–H groups in total. The predicted molar refractivity (Wildman–Crippen MR) is 75.7 cm³/mol. The zero-order valence-electron chi connectivity index (χ0n) is 12.6. The topological polar surface area (TPSA) is 56.8 Å². The predicted octanol–water partition coefficient (Wildman–Crippen LogP) is 2.09. The molecule has 1 unspecified atom stereocenters. The molecule has 110 valence electrons. The summed E-state index contributed by atoms with van der Waals surface area (Å²) in [5.74, 6) is 2.04. The first-order chi connectivity index (χ1) is 9.42. The van der Waals surface area contributed by atoms with Crippen molar-refractivity contribution < 1.29 is 19.0 Å². The van der Waals surface area contributed by atoms with Crippen molar-refractivity contribution in [2.24, 2.45) is 0 Å². The van der Waals surface area contributed by atoms with Crippen LogP contribution in [-0.2, 0) is 4.79 Å². The van der Waals surface area contributed by atoms with E-state index in [1.807, 2.05) is 19.9 Å². The Labute approximate surface area is 119 Å². The quantitative estimate of drug-likeness (QED) is 0.917. The van der Waals surface area contributed by atoms with Crippen LogP contribution in [0.3, 0.4) is 0 Å². The minimum absolute atomic E-state index is 0.0322. The molecule has 1 aliphatic heterocycles. The second-order valence-electron chi connectivity index (χ2n) is 5.48. The number of hydrogen-bond donors (Lipinski definition) is 1. The third-order valence-electron chi connectivity index (χ3n) is 3.83.